The first-order valence-electron chi connectivity index (χ1n) is 8.82. The summed E-state index contributed by atoms with van der Waals surface area (Å²) < 4.78 is 27.4. The standard InChI is InChI=1S/C20H26N2O2S/c1-17-8-6-7-11-20(17)25(23,24)22-14-12-21(13-15-22)18(2)16-19-9-4-3-5-10-19/h3-11,18H,12-16H2,1-2H3. The largest absolute Gasteiger partial charge is 0.298 e. The SMILES string of the molecule is Cc1ccccc1S(=O)(=O)N1CCN(C(C)Cc2ccccc2)CC1. The van der Waals surface area contributed by atoms with Gasteiger partial charge in [0.15, 0.2) is 0 Å². The summed E-state index contributed by atoms with van der Waals surface area (Å²) in [7, 11) is -3.39. The molecule has 1 heterocycles. The molecule has 1 fully saturated rings. The van der Waals surface area contributed by atoms with Crippen LogP contribution in [0.15, 0.2) is 59.5 Å². The molecule has 1 aliphatic heterocycles. The topological polar surface area (TPSA) is 40.6 Å². The van der Waals surface area contributed by atoms with E-state index in [9.17, 15) is 8.42 Å². The van der Waals surface area contributed by atoms with E-state index in [4.69, 9.17) is 0 Å². The molecule has 1 unspecified atom stereocenters. The molecule has 0 saturated carbocycles. The van der Waals surface area contributed by atoms with Crippen LogP contribution in [0.2, 0.25) is 0 Å². The van der Waals surface area contributed by atoms with Crippen molar-refractivity contribution in [2.75, 3.05) is 26.2 Å². The smallest absolute Gasteiger partial charge is 0.243 e. The molecule has 1 saturated heterocycles. The van der Waals surface area contributed by atoms with Gasteiger partial charge in [0.1, 0.15) is 0 Å². The Morgan fingerprint density at radius 1 is 0.920 bits per heavy atom. The molecule has 0 N–H and O–H groups in total. The van der Waals surface area contributed by atoms with E-state index in [2.05, 4.69) is 36.1 Å². The van der Waals surface area contributed by atoms with Crippen LogP contribution in [-0.4, -0.2) is 49.8 Å². The fourth-order valence-electron chi connectivity index (χ4n) is 3.45. The lowest BCUT2D eigenvalue weighted by Gasteiger charge is -2.37. The van der Waals surface area contributed by atoms with Crippen molar-refractivity contribution in [2.45, 2.75) is 31.2 Å². The van der Waals surface area contributed by atoms with E-state index in [1.54, 1.807) is 16.4 Å². The van der Waals surface area contributed by atoms with Crippen molar-refractivity contribution in [3.8, 4) is 0 Å². The van der Waals surface area contributed by atoms with Crippen LogP contribution < -0.4 is 0 Å². The first-order valence-corrected chi connectivity index (χ1v) is 10.3. The van der Waals surface area contributed by atoms with E-state index < -0.39 is 10.0 Å². The Hall–Kier alpha value is -1.69. The highest BCUT2D eigenvalue weighted by molar-refractivity contribution is 7.89. The van der Waals surface area contributed by atoms with Gasteiger partial charge in [0.05, 0.1) is 4.90 Å². The molecule has 1 aliphatic rings. The van der Waals surface area contributed by atoms with Gasteiger partial charge in [0.2, 0.25) is 10.0 Å². The van der Waals surface area contributed by atoms with Gasteiger partial charge in [-0.05, 0) is 37.5 Å². The normalized spacial score (nSPS) is 18.2. The molecule has 2 aromatic carbocycles. The Kier molecular flexibility index (Phi) is 5.57. The minimum Gasteiger partial charge on any atom is -0.298 e. The van der Waals surface area contributed by atoms with Crippen molar-refractivity contribution in [3.05, 3.63) is 65.7 Å². The second-order valence-electron chi connectivity index (χ2n) is 6.74. The fraction of sp³-hybridized carbons (Fsp3) is 0.400. The van der Waals surface area contributed by atoms with E-state index in [0.717, 1.165) is 25.1 Å². The number of hydrogen-bond acceptors (Lipinski definition) is 3. The zero-order valence-electron chi connectivity index (χ0n) is 14.9. The van der Waals surface area contributed by atoms with Gasteiger partial charge in [-0.3, -0.25) is 4.90 Å². The average molecular weight is 359 g/mol. The number of piperazine rings is 1. The van der Waals surface area contributed by atoms with Gasteiger partial charge in [-0.1, -0.05) is 48.5 Å². The minimum absolute atomic E-state index is 0.408. The van der Waals surface area contributed by atoms with Crippen LogP contribution in [0.3, 0.4) is 0 Å². The molecule has 0 amide bonds. The van der Waals surface area contributed by atoms with Crippen LogP contribution >= 0.6 is 0 Å². The summed E-state index contributed by atoms with van der Waals surface area (Å²) >= 11 is 0. The van der Waals surface area contributed by atoms with Crippen LogP contribution in [-0.2, 0) is 16.4 Å². The number of sulfonamides is 1. The lowest BCUT2D eigenvalue weighted by molar-refractivity contribution is 0.145. The predicted molar refractivity (Wildman–Crippen MR) is 101 cm³/mol. The first kappa shape index (κ1) is 18.1. The van der Waals surface area contributed by atoms with E-state index in [1.165, 1.54) is 5.56 Å². The number of rotatable bonds is 5. The van der Waals surface area contributed by atoms with Crippen LogP contribution in [0.1, 0.15) is 18.1 Å². The van der Waals surface area contributed by atoms with Gasteiger partial charge in [-0.25, -0.2) is 8.42 Å². The molecule has 4 nitrogen and oxygen atoms in total. The van der Waals surface area contributed by atoms with E-state index in [0.29, 0.717) is 24.0 Å². The number of benzene rings is 2. The summed E-state index contributed by atoms with van der Waals surface area (Å²) in [4.78, 5) is 2.82. The van der Waals surface area contributed by atoms with Crippen LogP contribution in [0.25, 0.3) is 0 Å². The number of nitrogens with zero attached hydrogens (tertiary/aromatic N) is 2. The maximum Gasteiger partial charge on any atom is 0.243 e. The van der Waals surface area contributed by atoms with Gasteiger partial charge >= 0.3 is 0 Å². The Labute approximate surface area is 151 Å². The molecule has 0 radical (unpaired) electrons. The minimum atomic E-state index is -3.39. The average Bonchev–Trinajstić information content (AvgIpc) is 2.63. The molecule has 2 aromatic rings. The van der Waals surface area contributed by atoms with Crippen molar-refractivity contribution in [1.29, 1.82) is 0 Å². The fourth-order valence-corrected chi connectivity index (χ4v) is 5.10. The summed E-state index contributed by atoms with van der Waals surface area (Å²) in [5, 5.41) is 0. The molecule has 3 rings (SSSR count). The molecule has 5 heteroatoms. The maximum atomic E-state index is 12.9. The first-order chi connectivity index (χ1) is 12.0. The lowest BCUT2D eigenvalue weighted by Crippen LogP contribution is -2.51. The summed E-state index contributed by atoms with van der Waals surface area (Å²) in [6.45, 7) is 6.73. The Bertz CT molecular complexity index is 797. The Balaban J connectivity index is 1.63. The second-order valence-corrected chi connectivity index (χ2v) is 8.65. The molecule has 0 aliphatic carbocycles. The Morgan fingerprint density at radius 3 is 2.16 bits per heavy atom. The lowest BCUT2D eigenvalue weighted by atomic mass is 10.1. The number of hydrogen-bond donors (Lipinski definition) is 0. The monoisotopic (exact) mass is 358 g/mol. The van der Waals surface area contributed by atoms with Crippen LogP contribution in [0.5, 0.6) is 0 Å². The molecular formula is C20H26N2O2S. The zero-order chi connectivity index (χ0) is 17.9. The van der Waals surface area contributed by atoms with Crippen molar-refractivity contribution >= 4 is 10.0 Å². The highest BCUT2D eigenvalue weighted by atomic mass is 32.2. The summed E-state index contributed by atoms with van der Waals surface area (Å²) in [5.74, 6) is 0. The van der Waals surface area contributed by atoms with Crippen molar-refractivity contribution in [1.82, 2.24) is 9.21 Å². The zero-order valence-corrected chi connectivity index (χ0v) is 15.7. The summed E-state index contributed by atoms with van der Waals surface area (Å²) in [6, 6.07) is 18.1. The second kappa shape index (κ2) is 7.68. The van der Waals surface area contributed by atoms with E-state index in [1.807, 2.05) is 25.1 Å². The Morgan fingerprint density at radius 2 is 1.52 bits per heavy atom. The van der Waals surface area contributed by atoms with Gasteiger partial charge < -0.3 is 0 Å². The van der Waals surface area contributed by atoms with Gasteiger partial charge in [-0.15, -0.1) is 0 Å². The molecule has 0 aromatic heterocycles. The predicted octanol–water partition coefficient (Wildman–Crippen LogP) is 2.93. The molecule has 0 spiro atoms. The van der Waals surface area contributed by atoms with Gasteiger partial charge in [0.25, 0.3) is 0 Å². The van der Waals surface area contributed by atoms with Crippen molar-refractivity contribution < 1.29 is 8.42 Å². The quantitative estimate of drug-likeness (QED) is 0.825. The third-order valence-electron chi connectivity index (χ3n) is 4.98. The van der Waals surface area contributed by atoms with Crippen LogP contribution in [0.4, 0.5) is 0 Å². The van der Waals surface area contributed by atoms with E-state index >= 15 is 0 Å². The molecular weight excluding hydrogens is 332 g/mol. The highest BCUT2D eigenvalue weighted by Gasteiger charge is 2.30. The molecule has 25 heavy (non-hydrogen) atoms. The highest BCUT2D eigenvalue weighted by Crippen LogP contribution is 2.21. The van der Waals surface area contributed by atoms with Crippen LogP contribution in [0, 0.1) is 6.92 Å². The molecule has 0 bridgehead atoms. The van der Waals surface area contributed by atoms with Crippen molar-refractivity contribution in [3.63, 3.8) is 0 Å². The van der Waals surface area contributed by atoms with Gasteiger partial charge in [0, 0.05) is 32.2 Å². The summed E-state index contributed by atoms with van der Waals surface area (Å²) in [5.41, 5.74) is 2.13. The number of aryl methyl sites for hydroxylation is 1. The summed E-state index contributed by atoms with van der Waals surface area (Å²) in [6.07, 6.45) is 0.991. The third kappa shape index (κ3) is 4.11. The maximum absolute atomic E-state index is 12.9. The third-order valence-corrected chi connectivity index (χ3v) is 7.04. The van der Waals surface area contributed by atoms with Crippen molar-refractivity contribution in [2.24, 2.45) is 0 Å². The van der Waals surface area contributed by atoms with E-state index in [-0.39, 0.29) is 0 Å². The molecule has 1 atom stereocenters. The van der Waals surface area contributed by atoms with Gasteiger partial charge in [-0.2, -0.15) is 4.31 Å². The molecule has 134 valence electrons.